The van der Waals surface area contributed by atoms with Crippen LogP contribution in [0.1, 0.15) is 84.8 Å². The topological polar surface area (TPSA) is 164 Å². The Labute approximate surface area is 251 Å². The number of phenols is 2. The summed E-state index contributed by atoms with van der Waals surface area (Å²) in [5, 5.41) is 34.4. The molecule has 1 heterocycles. The van der Waals surface area contributed by atoms with E-state index >= 15 is 0 Å². The number of nitriles is 1. The quantitative estimate of drug-likeness (QED) is 0.286. The van der Waals surface area contributed by atoms with Crippen molar-refractivity contribution in [3.05, 3.63) is 46.5 Å². The first kappa shape index (κ1) is 32.8. The number of aromatic hydroxyl groups is 2. The van der Waals surface area contributed by atoms with Crippen LogP contribution in [0.25, 0.3) is 6.08 Å². The summed E-state index contributed by atoms with van der Waals surface area (Å²) in [7, 11) is 4.29. The molecule has 230 valence electrons. The first-order valence-corrected chi connectivity index (χ1v) is 14.1. The molecule has 2 aromatic carbocycles. The van der Waals surface area contributed by atoms with Gasteiger partial charge in [0.15, 0.2) is 11.5 Å². The van der Waals surface area contributed by atoms with E-state index < -0.39 is 29.6 Å². The van der Waals surface area contributed by atoms with E-state index in [0.717, 1.165) is 0 Å². The van der Waals surface area contributed by atoms with Crippen LogP contribution in [0.2, 0.25) is 0 Å². The number of ether oxygens (including phenoxy) is 4. The highest BCUT2D eigenvalue weighted by atomic mass is 16.5. The van der Waals surface area contributed by atoms with Gasteiger partial charge in [-0.2, -0.15) is 5.26 Å². The molecule has 11 heteroatoms. The van der Waals surface area contributed by atoms with Crippen LogP contribution >= 0.6 is 0 Å². The fourth-order valence-corrected chi connectivity index (χ4v) is 5.10. The van der Waals surface area contributed by atoms with E-state index in [4.69, 9.17) is 24.2 Å². The zero-order valence-corrected chi connectivity index (χ0v) is 24.9. The van der Waals surface area contributed by atoms with Crippen LogP contribution in [-0.2, 0) is 14.3 Å². The Balaban J connectivity index is 2.24. The van der Waals surface area contributed by atoms with Crippen LogP contribution < -0.4 is 19.5 Å². The van der Waals surface area contributed by atoms with Crippen LogP contribution in [0, 0.1) is 11.3 Å². The average Bonchev–Trinajstić information content (AvgIpc) is 2.97. The molecule has 3 N–H and O–H groups in total. The monoisotopic (exact) mass is 594 g/mol. The minimum atomic E-state index is -1.02. The summed E-state index contributed by atoms with van der Waals surface area (Å²) in [4.78, 5) is 38.5. The van der Waals surface area contributed by atoms with Gasteiger partial charge in [0.1, 0.15) is 29.4 Å². The van der Waals surface area contributed by atoms with Crippen molar-refractivity contribution in [3.63, 3.8) is 0 Å². The number of methoxy groups -OCH3 is 3. The van der Waals surface area contributed by atoms with E-state index in [9.17, 15) is 24.6 Å². The van der Waals surface area contributed by atoms with Gasteiger partial charge in [0, 0.05) is 30.7 Å². The van der Waals surface area contributed by atoms with Gasteiger partial charge in [0.05, 0.1) is 33.5 Å². The highest BCUT2D eigenvalue weighted by Crippen LogP contribution is 2.47. The normalized spacial score (nSPS) is 17.3. The lowest BCUT2D eigenvalue weighted by Gasteiger charge is -2.24. The van der Waals surface area contributed by atoms with Crippen LogP contribution in [0.15, 0.2) is 24.3 Å². The minimum Gasteiger partial charge on any atom is -0.507 e. The maximum absolute atomic E-state index is 13.5. The number of fused-ring (bicyclic) bond motifs is 1. The second kappa shape index (κ2) is 15.5. The van der Waals surface area contributed by atoms with E-state index in [1.807, 2.05) is 6.07 Å². The van der Waals surface area contributed by atoms with Crippen LogP contribution in [0.3, 0.4) is 0 Å². The number of carbonyl (C=O) groups is 3. The van der Waals surface area contributed by atoms with E-state index in [2.05, 4.69) is 5.32 Å². The lowest BCUT2D eigenvalue weighted by molar-refractivity contribution is -0.121. The smallest absolute Gasteiger partial charge is 0.342 e. The largest absolute Gasteiger partial charge is 0.507 e. The predicted octanol–water partition coefficient (Wildman–Crippen LogP) is 4.77. The summed E-state index contributed by atoms with van der Waals surface area (Å²) >= 11 is 0. The van der Waals surface area contributed by atoms with E-state index in [1.54, 1.807) is 31.2 Å². The lowest BCUT2D eigenvalue weighted by Crippen LogP contribution is -2.26. The summed E-state index contributed by atoms with van der Waals surface area (Å²) in [6.45, 7) is 1.46. The molecule has 0 bridgehead atoms. The van der Waals surface area contributed by atoms with Gasteiger partial charge in [-0.25, -0.2) is 4.79 Å². The highest BCUT2D eigenvalue weighted by Gasteiger charge is 2.32. The number of cyclic esters (lactones) is 1. The van der Waals surface area contributed by atoms with Gasteiger partial charge >= 0.3 is 5.97 Å². The number of esters is 1. The molecule has 0 fully saturated rings. The third-order valence-electron chi connectivity index (χ3n) is 7.24. The number of amides is 1. The number of benzene rings is 2. The maximum atomic E-state index is 13.5. The first-order chi connectivity index (χ1) is 20.6. The zero-order chi connectivity index (χ0) is 31.5. The van der Waals surface area contributed by atoms with Crippen molar-refractivity contribution in [3.8, 4) is 34.8 Å². The summed E-state index contributed by atoms with van der Waals surface area (Å²) in [5.74, 6) is -2.31. The number of rotatable bonds is 8. The Bertz CT molecular complexity index is 1390. The number of ketones is 1. The fourth-order valence-electron chi connectivity index (χ4n) is 5.10. The van der Waals surface area contributed by atoms with Crippen molar-refractivity contribution in [2.75, 3.05) is 27.9 Å². The number of carbonyl (C=O) groups excluding carboxylic acids is 3. The van der Waals surface area contributed by atoms with E-state index in [-0.39, 0.29) is 52.7 Å². The Morgan fingerprint density at radius 1 is 1.09 bits per heavy atom. The molecule has 0 aliphatic carbocycles. The van der Waals surface area contributed by atoms with Gasteiger partial charge in [-0.05, 0) is 61.9 Å². The number of phenolic OH excluding ortho intramolecular Hbond substituents is 2. The maximum Gasteiger partial charge on any atom is 0.342 e. The molecule has 11 nitrogen and oxygen atoms in total. The molecule has 43 heavy (non-hydrogen) atoms. The molecule has 0 radical (unpaired) electrons. The number of hydrogen-bond acceptors (Lipinski definition) is 10. The summed E-state index contributed by atoms with van der Waals surface area (Å²) in [6.07, 6.45) is 5.53. The number of nitrogens with zero attached hydrogens (tertiary/aromatic N) is 1. The van der Waals surface area contributed by atoms with Crippen molar-refractivity contribution in [1.29, 1.82) is 5.26 Å². The SMILES string of the molecule is COc1cc(C(CC(=O)NCC#N)c2c(O)cc3c(c2O)C(=O)O[C@@H](C)CCCC(=O)CCC/C=C/3)cc(OC)c1OC. The van der Waals surface area contributed by atoms with Gasteiger partial charge < -0.3 is 34.5 Å². The molecule has 0 saturated heterocycles. The van der Waals surface area contributed by atoms with Crippen molar-refractivity contribution in [2.24, 2.45) is 0 Å². The van der Waals surface area contributed by atoms with Gasteiger partial charge in [0.25, 0.3) is 0 Å². The Hall–Kier alpha value is -4.72. The number of nitrogens with one attached hydrogen (secondary N) is 1. The Kier molecular flexibility index (Phi) is 11.8. The lowest BCUT2D eigenvalue weighted by atomic mass is 9.84. The van der Waals surface area contributed by atoms with Crippen LogP contribution in [-0.4, -0.2) is 61.9 Å². The van der Waals surface area contributed by atoms with E-state index in [0.29, 0.717) is 49.8 Å². The predicted molar refractivity (Wildman–Crippen MR) is 158 cm³/mol. The van der Waals surface area contributed by atoms with Gasteiger partial charge in [-0.3, -0.25) is 9.59 Å². The second-order valence-electron chi connectivity index (χ2n) is 10.2. The molecule has 1 amide bonds. The second-order valence-corrected chi connectivity index (χ2v) is 10.2. The number of Topliss-reactive ketones (excluding diaryl/α,β-unsaturated/α-hetero) is 1. The first-order valence-electron chi connectivity index (χ1n) is 14.1. The zero-order valence-electron chi connectivity index (χ0n) is 24.9. The number of allylic oxidation sites excluding steroid dienone is 1. The molecule has 0 saturated carbocycles. The van der Waals surface area contributed by atoms with Crippen LogP contribution in [0.4, 0.5) is 0 Å². The van der Waals surface area contributed by atoms with Crippen LogP contribution in [0.5, 0.6) is 28.7 Å². The summed E-state index contributed by atoms with van der Waals surface area (Å²) in [6, 6.07) is 6.34. The molecular formula is C32H38N2O9. The third-order valence-corrected chi connectivity index (χ3v) is 7.24. The van der Waals surface area contributed by atoms with Crippen molar-refractivity contribution >= 4 is 23.7 Å². The Morgan fingerprint density at radius 2 is 1.77 bits per heavy atom. The van der Waals surface area contributed by atoms with Crippen molar-refractivity contribution in [1.82, 2.24) is 5.32 Å². The van der Waals surface area contributed by atoms with Gasteiger partial charge in [-0.15, -0.1) is 0 Å². The Morgan fingerprint density at radius 3 is 2.40 bits per heavy atom. The average molecular weight is 595 g/mol. The van der Waals surface area contributed by atoms with Crippen molar-refractivity contribution < 1.29 is 43.5 Å². The third kappa shape index (κ3) is 8.19. The molecule has 0 spiro atoms. The molecule has 1 aliphatic rings. The molecule has 3 rings (SSSR count). The molecular weight excluding hydrogens is 556 g/mol. The van der Waals surface area contributed by atoms with Gasteiger partial charge in [-0.1, -0.05) is 12.2 Å². The molecule has 0 aromatic heterocycles. The highest BCUT2D eigenvalue weighted by molar-refractivity contribution is 5.98. The number of hydrogen-bond donors (Lipinski definition) is 3. The minimum absolute atomic E-state index is 0.0927. The van der Waals surface area contributed by atoms with Gasteiger partial charge in [0.2, 0.25) is 11.7 Å². The fraction of sp³-hybridized carbons (Fsp3) is 0.438. The summed E-state index contributed by atoms with van der Waals surface area (Å²) in [5.41, 5.74) is 0.357. The molecule has 2 aromatic rings. The molecule has 1 unspecified atom stereocenters. The molecule has 1 aliphatic heterocycles. The summed E-state index contributed by atoms with van der Waals surface area (Å²) < 4.78 is 22.0. The molecule has 2 atom stereocenters. The van der Waals surface area contributed by atoms with Crippen molar-refractivity contribution in [2.45, 2.75) is 63.9 Å². The standard InChI is InChI=1S/C32H38N2O9/c1-19-9-8-12-22(35)11-7-5-6-10-20-15-24(36)29(30(38)28(20)32(39)43-19)23(18-27(37)34-14-13-33)21-16-25(40-2)31(42-4)26(17-21)41-3/h6,10,15-17,19,23,36,38H,5,7-9,11-12,14,18H2,1-4H3,(H,34,37)/b10-6+/t19-,23?/m0/s1. The van der Waals surface area contributed by atoms with E-state index in [1.165, 1.54) is 27.4 Å².